The molecule has 1 aliphatic heterocycles. The van der Waals surface area contributed by atoms with Crippen LogP contribution in [-0.2, 0) is 0 Å². The first-order valence-corrected chi connectivity index (χ1v) is 6.69. The fraction of sp³-hybridized carbons (Fsp3) is 0.385. The third kappa shape index (κ3) is 2.41. The van der Waals surface area contributed by atoms with Crippen molar-refractivity contribution in [2.24, 2.45) is 5.73 Å². The molecule has 2 nitrogen and oxygen atoms in total. The van der Waals surface area contributed by atoms with E-state index >= 15 is 0 Å². The van der Waals surface area contributed by atoms with Crippen LogP contribution in [0.4, 0.5) is 5.69 Å². The van der Waals surface area contributed by atoms with E-state index in [1.165, 1.54) is 15.8 Å². The molecule has 0 amide bonds. The molecule has 3 rings (SSSR count). The van der Waals surface area contributed by atoms with E-state index in [1.807, 2.05) is 11.3 Å². The molecule has 2 N–H and O–H groups in total. The summed E-state index contributed by atoms with van der Waals surface area (Å²) in [4.78, 5) is 2.47. The molecule has 1 aromatic carbocycles. The number of hydrogen-bond donors (Lipinski definition) is 1. The van der Waals surface area contributed by atoms with Crippen LogP contribution in [-0.4, -0.2) is 19.1 Å². The van der Waals surface area contributed by atoms with Gasteiger partial charge in [0.05, 0.1) is 0 Å². The van der Waals surface area contributed by atoms with Crippen molar-refractivity contribution in [1.82, 2.24) is 0 Å². The molecule has 0 unspecified atom stereocenters. The molecule has 92 valence electrons. The first kappa shape index (κ1) is 12.7. The Hall–Kier alpha value is -0.770. The van der Waals surface area contributed by atoms with Crippen LogP contribution < -0.4 is 10.6 Å². The lowest BCUT2D eigenvalue weighted by Gasteiger charge is -2.32. The molecule has 0 bridgehead atoms. The summed E-state index contributed by atoms with van der Waals surface area (Å²) in [6, 6.07) is 9.20. The number of rotatable bonds is 1. The van der Waals surface area contributed by atoms with Gasteiger partial charge < -0.3 is 10.6 Å². The van der Waals surface area contributed by atoms with Crippen molar-refractivity contribution in [3.8, 4) is 0 Å². The minimum Gasteiger partial charge on any atom is -0.371 e. The zero-order valence-corrected chi connectivity index (χ0v) is 11.3. The van der Waals surface area contributed by atoms with Crippen molar-refractivity contribution >= 4 is 39.5 Å². The fourth-order valence-corrected chi connectivity index (χ4v) is 3.20. The van der Waals surface area contributed by atoms with E-state index in [9.17, 15) is 0 Å². The van der Waals surface area contributed by atoms with Gasteiger partial charge in [-0.1, -0.05) is 6.07 Å². The van der Waals surface area contributed by atoms with Gasteiger partial charge in [0.2, 0.25) is 0 Å². The molecule has 1 aliphatic rings. The van der Waals surface area contributed by atoms with E-state index in [2.05, 4.69) is 34.5 Å². The second-order valence-electron chi connectivity index (χ2n) is 4.43. The minimum atomic E-state index is 0. The Balaban J connectivity index is 0.00000108. The number of piperidine rings is 1. The van der Waals surface area contributed by atoms with Gasteiger partial charge in [-0.15, -0.1) is 23.7 Å². The van der Waals surface area contributed by atoms with E-state index in [-0.39, 0.29) is 12.4 Å². The number of nitrogens with two attached hydrogens (primary N) is 1. The Labute approximate surface area is 112 Å². The highest BCUT2D eigenvalue weighted by Crippen LogP contribution is 2.31. The van der Waals surface area contributed by atoms with E-state index in [4.69, 9.17) is 5.73 Å². The van der Waals surface area contributed by atoms with Gasteiger partial charge in [-0.2, -0.15) is 0 Å². The standard InChI is InChI=1S/C13H16N2S.ClH/c14-10-4-7-15(8-5-10)12-2-1-3-13-11(12)6-9-16-13;/h1-3,6,9-10H,4-5,7-8,14H2;1H. The van der Waals surface area contributed by atoms with Gasteiger partial charge in [-0.05, 0) is 36.4 Å². The Kier molecular flexibility index (Phi) is 3.92. The molecule has 0 atom stereocenters. The maximum Gasteiger partial charge on any atom is 0.0454 e. The van der Waals surface area contributed by atoms with Crippen molar-refractivity contribution in [3.05, 3.63) is 29.6 Å². The normalized spacial score (nSPS) is 17.1. The number of nitrogens with zero attached hydrogens (tertiary/aromatic N) is 1. The lowest BCUT2D eigenvalue weighted by molar-refractivity contribution is 0.502. The van der Waals surface area contributed by atoms with Crippen LogP contribution in [0.25, 0.3) is 10.1 Å². The summed E-state index contributed by atoms with van der Waals surface area (Å²) in [6.45, 7) is 2.19. The van der Waals surface area contributed by atoms with Crippen LogP contribution >= 0.6 is 23.7 Å². The predicted octanol–water partition coefficient (Wildman–Crippen LogP) is 3.25. The molecular weight excluding hydrogens is 252 g/mol. The van der Waals surface area contributed by atoms with E-state index < -0.39 is 0 Å². The second-order valence-corrected chi connectivity index (χ2v) is 5.38. The Morgan fingerprint density at radius 2 is 1.94 bits per heavy atom. The van der Waals surface area contributed by atoms with Crippen molar-refractivity contribution in [3.63, 3.8) is 0 Å². The molecule has 2 aromatic rings. The highest BCUT2D eigenvalue weighted by Gasteiger charge is 2.17. The van der Waals surface area contributed by atoms with Crippen LogP contribution in [0.15, 0.2) is 29.6 Å². The van der Waals surface area contributed by atoms with E-state index in [1.54, 1.807) is 0 Å². The summed E-state index contributed by atoms with van der Waals surface area (Å²) in [7, 11) is 0. The quantitative estimate of drug-likeness (QED) is 0.860. The monoisotopic (exact) mass is 268 g/mol. The van der Waals surface area contributed by atoms with Gasteiger partial charge in [-0.25, -0.2) is 0 Å². The molecule has 2 heterocycles. The van der Waals surface area contributed by atoms with E-state index in [0.29, 0.717) is 6.04 Å². The summed E-state index contributed by atoms with van der Waals surface area (Å²) in [5, 5.41) is 3.56. The van der Waals surface area contributed by atoms with Crippen LogP contribution in [0.1, 0.15) is 12.8 Å². The largest absolute Gasteiger partial charge is 0.371 e. The number of benzene rings is 1. The topological polar surface area (TPSA) is 29.3 Å². The van der Waals surface area contributed by atoms with E-state index in [0.717, 1.165) is 25.9 Å². The average molecular weight is 269 g/mol. The highest BCUT2D eigenvalue weighted by molar-refractivity contribution is 7.17. The first-order chi connectivity index (χ1) is 7.84. The van der Waals surface area contributed by atoms with Crippen LogP contribution in [0.5, 0.6) is 0 Å². The Bertz CT molecular complexity index is 489. The molecule has 0 radical (unpaired) electrons. The van der Waals surface area contributed by atoms with Gasteiger partial charge in [0.1, 0.15) is 0 Å². The molecule has 0 spiro atoms. The molecule has 0 aliphatic carbocycles. The van der Waals surface area contributed by atoms with Crippen LogP contribution in [0.3, 0.4) is 0 Å². The number of anilines is 1. The molecule has 1 saturated heterocycles. The Morgan fingerprint density at radius 3 is 2.71 bits per heavy atom. The zero-order valence-electron chi connectivity index (χ0n) is 9.63. The maximum absolute atomic E-state index is 5.94. The van der Waals surface area contributed by atoms with Crippen molar-refractivity contribution < 1.29 is 0 Å². The minimum absolute atomic E-state index is 0. The number of hydrogen-bond acceptors (Lipinski definition) is 3. The molecular formula is C13H17ClN2S. The zero-order chi connectivity index (χ0) is 11.0. The van der Waals surface area contributed by atoms with Gasteiger partial charge in [0, 0.05) is 34.9 Å². The van der Waals surface area contributed by atoms with Crippen LogP contribution in [0.2, 0.25) is 0 Å². The lowest BCUT2D eigenvalue weighted by atomic mass is 10.0. The summed E-state index contributed by atoms with van der Waals surface area (Å²) < 4.78 is 1.38. The highest BCUT2D eigenvalue weighted by atomic mass is 35.5. The van der Waals surface area contributed by atoms with Gasteiger partial charge in [0.15, 0.2) is 0 Å². The Morgan fingerprint density at radius 1 is 1.18 bits per heavy atom. The summed E-state index contributed by atoms with van der Waals surface area (Å²) in [6.07, 6.45) is 2.22. The number of fused-ring (bicyclic) bond motifs is 1. The first-order valence-electron chi connectivity index (χ1n) is 5.81. The predicted molar refractivity (Wildman–Crippen MR) is 78.5 cm³/mol. The molecule has 0 saturated carbocycles. The second kappa shape index (κ2) is 5.25. The molecule has 1 aromatic heterocycles. The smallest absolute Gasteiger partial charge is 0.0454 e. The van der Waals surface area contributed by atoms with Crippen molar-refractivity contribution in [2.75, 3.05) is 18.0 Å². The lowest BCUT2D eigenvalue weighted by Crippen LogP contribution is -2.39. The SMILES string of the molecule is Cl.NC1CCN(c2cccc3sccc23)CC1. The third-order valence-electron chi connectivity index (χ3n) is 3.35. The number of halogens is 1. The summed E-state index contributed by atoms with van der Waals surface area (Å²) in [5.74, 6) is 0. The van der Waals surface area contributed by atoms with Gasteiger partial charge in [-0.3, -0.25) is 0 Å². The van der Waals surface area contributed by atoms with Crippen molar-refractivity contribution in [2.45, 2.75) is 18.9 Å². The third-order valence-corrected chi connectivity index (χ3v) is 4.24. The maximum atomic E-state index is 5.94. The fourth-order valence-electron chi connectivity index (χ4n) is 2.39. The molecule has 1 fully saturated rings. The van der Waals surface area contributed by atoms with Gasteiger partial charge >= 0.3 is 0 Å². The van der Waals surface area contributed by atoms with Crippen LogP contribution in [0, 0.1) is 0 Å². The number of thiophene rings is 1. The average Bonchev–Trinajstić information content (AvgIpc) is 2.78. The summed E-state index contributed by atoms with van der Waals surface area (Å²) in [5.41, 5.74) is 7.32. The molecule has 4 heteroatoms. The molecule has 17 heavy (non-hydrogen) atoms. The van der Waals surface area contributed by atoms with Crippen molar-refractivity contribution in [1.29, 1.82) is 0 Å². The summed E-state index contributed by atoms with van der Waals surface area (Å²) >= 11 is 1.81. The van der Waals surface area contributed by atoms with Gasteiger partial charge in [0.25, 0.3) is 0 Å².